The number of amides is 1. The average molecular weight is 300 g/mol. The quantitative estimate of drug-likeness (QED) is 0.846. The van der Waals surface area contributed by atoms with Gasteiger partial charge in [0.1, 0.15) is 0 Å². The van der Waals surface area contributed by atoms with E-state index in [1.807, 2.05) is 31.2 Å². The Morgan fingerprint density at radius 2 is 2.29 bits per heavy atom. The zero-order valence-corrected chi connectivity index (χ0v) is 11.5. The fraction of sp³-hybridized carbons (Fsp3) is 0.462. The van der Waals surface area contributed by atoms with Gasteiger partial charge >= 0.3 is 0 Å². The number of hydrogen-bond acceptors (Lipinski definition) is 2. The van der Waals surface area contributed by atoms with Crippen LogP contribution in [0, 0.1) is 0 Å². The Bertz CT molecular complexity index is 368. The molecule has 3 nitrogen and oxygen atoms in total. The van der Waals surface area contributed by atoms with E-state index >= 15 is 0 Å². The number of aliphatic hydroxyl groups is 1. The number of halogens is 1. The molecule has 4 heteroatoms. The minimum atomic E-state index is 0.0333. The number of rotatable bonds is 6. The molecule has 1 aromatic carbocycles. The lowest BCUT2D eigenvalue weighted by Crippen LogP contribution is -2.33. The van der Waals surface area contributed by atoms with Crippen LogP contribution < -0.4 is 5.32 Å². The van der Waals surface area contributed by atoms with Crippen molar-refractivity contribution in [3.8, 4) is 0 Å². The molecular weight excluding hydrogens is 282 g/mol. The van der Waals surface area contributed by atoms with Crippen molar-refractivity contribution < 1.29 is 9.90 Å². The van der Waals surface area contributed by atoms with Crippen molar-refractivity contribution in [3.63, 3.8) is 0 Å². The van der Waals surface area contributed by atoms with Crippen molar-refractivity contribution in [2.75, 3.05) is 6.61 Å². The molecule has 1 aromatic rings. The summed E-state index contributed by atoms with van der Waals surface area (Å²) >= 11 is 3.40. The Labute approximate surface area is 110 Å². The number of carbonyl (C=O) groups is 1. The maximum absolute atomic E-state index is 11.6. The van der Waals surface area contributed by atoms with Crippen molar-refractivity contribution in [1.29, 1.82) is 0 Å². The maximum Gasteiger partial charge on any atom is 0.220 e. The molecule has 0 aliphatic rings. The first-order chi connectivity index (χ1) is 8.11. The van der Waals surface area contributed by atoms with E-state index in [4.69, 9.17) is 5.11 Å². The SMILES string of the molecule is CC(CCO)NC(=O)CCc1cccc(Br)c1. The summed E-state index contributed by atoms with van der Waals surface area (Å²) in [6, 6.07) is 7.99. The summed E-state index contributed by atoms with van der Waals surface area (Å²) < 4.78 is 1.03. The highest BCUT2D eigenvalue weighted by Crippen LogP contribution is 2.12. The zero-order chi connectivity index (χ0) is 12.7. The monoisotopic (exact) mass is 299 g/mol. The van der Waals surface area contributed by atoms with Crippen LogP contribution in [0.25, 0.3) is 0 Å². The minimum absolute atomic E-state index is 0.0333. The predicted octanol–water partition coefficient (Wildman–Crippen LogP) is 2.27. The topological polar surface area (TPSA) is 49.3 Å². The first kappa shape index (κ1) is 14.2. The number of hydrogen-bond donors (Lipinski definition) is 2. The highest BCUT2D eigenvalue weighted by atomic mass is 79.9. The predicted molar refractivity (Wildman–Crippen MR) is 71.8 cm³/mol. The van der Waals surface area contributed by atoms with Crippen molar-refractivity contribution in [2.24, 2.45) is 0 Å². The van der Waals surface area contributed by atoms with Gasteiger partial charge in [0.25, 0.3) is 0 Å². The molecule has 17 heavy (non-hydrogen) atoms. The molecule has 2 N–H and O–H groups in total. The number of benzene rings is 1. The van der Waals surface area contributed by atoms with E-state index in [1.165, 1.54) is 0 Å². The van der Waals surface area contributed by atoms with E-state index in [9.17, 15) is 4.79 Å². The van der Waals surface area contributed by atoms with Gasteiger partial charge in [-0.05, 0) is 37.5 Å². The van der Waals surface area contributed by atoms with Gasteiger partial charge in [-0.3, -0.25) is 4.79 Å². The van der Waals surface area contributed by atoms with Crippen LogP contribution in [0.2, 0.25) is 0 Å². The van der Waals surface area contributed by atoms with Crippen molar-refractivity contribution >= 4 is 21.8 Å². The van der Waals surface area contributed by atoms with E-state index in [1.54, 1.807) is 0 Å². The summed E-state index contributed by atoms with van der Waals surface area (Å²) in [5.74, 6) is 0.0333. The second-order valence-electron chi connectivity index (χ2n) is 4.11. The van der Waals surface area contributed by atoms with Gasteiger partial charge in [-0.1, -0.05) is 28.1 Å². The highest BCUT2D eigenvalue weighted by molar-refractivity contribution is 9.10. The molecule has 0 heterocycles. The van der Waals surface area contributed by atoms with Crippen LogP contribution in [0.15, 0.2) is 28.7 Å². The lowest BCUT2D eigenvalue weighted by atomic mass is 10.1. The Morgan fingerprint density at radius 3 is 2.94 bits per heavy atom. The molecule has 0 aliphatic heterocycles. The fourth-order valence-electron chi connectivity index (χ4n) is 1.56. The standard InChI is InChI=1S/C13H18BrNO2/c1-10(7-8-16)15-13(17)6-5-11-3-2-4-12(14)9-11/h2-4,9-10,16H,5-8H2,1H3,(H,15,17). The largest absolute Gasteiger partial charge is 0.396 e. The van der Waals surface area contributed by atoms with Crippen LogP contribution >= 0.6 is 15.9 Å². The molecule has 0 fully saturated rings. The number of aryl methyl sites for hydroxylation is 1. The smallest absolute Gasteiger partial charge is 0.220 e. The van der Waals surface area contributed by atoms with Crippen LogP contribution in [0.1, 0.15) is 25.3 Å². The number of nitrogens with one attached hydrogen (secondary N) is 1. The second-order valence-corrected chi connectivity index (χ2v) is 5.03. The summed E-state index contributed by atoms with van der Waals surface area (Å²) in [5, 5.41) is 11.6. The number of aliphatic hydroxyl groups excluding tert-OH is 1. The van der Waals surface area contributed by atoms with Gasteiger partial charge < -0.3 is 10.4 Å². The molecule has 0 aromatic heterocycles. The first-order valence-electron chi connectivity index (χ1n) is 5.76. The third kappa shape index (κ3) is 5.84. The summed E-state index contributed by atoms with van der Waals surface area (Å²) in [6.45, 7) is 2.00. The molecule has 0 saturated carbocycles. The van der Waals surface area contributed by atoms with E-state index in [2.05, 4.69) is 21.2 Å². The third-order valence-electron chi connectivity index (χ3n) is 2.50. The van der Waals surface area contributed by atoms with Gasteiger partial charge in [-0.2, -0.15) is 0 Å². The van der Waals surface area contributed by atoms with Crippen LogP contribution in [0.5, 0.6) is 0 Å². The summed E-state index contributed by atoms with van der Waals surface area (Å²) in [4.78, 5) is 11.6. The molecule has 0 radical (unpaired) electrons. The molecule has 94 valence electrons. The Balaban J connectivity index is 2.33. The van der Waals surface area contributed by atoms with E-state index < -0.39 is 0 Å². The minimum Gasteiger partial charge on any atom is -0.396 e. The van der Waals surface area contributed by atoms with Gasteiger partial charge in [-0.15, -0.1) is 0 Å². The summed E-state index contributed by atoms with van der Waals surface area (Å²) in [5.41, 5.74) is 1.14. The lowest BCUT2D eigenvalue weighted by Gasteiger charge is -2.12. The van der Waals surface area contributed by atoms with Crippen molar-refractivity contribution in [2.45, 2.75) is 32.2 Å². The van der Waals surface area contributed by atoms with E-state index in [0.717, 1.165) is 16.5 Å². The molecule has 1 atom stereocenters. The normalized spacial score (nSPS) is 12.2. The van der Waals surface area contributed by atoms with Gasteiger partial charge in [0.2, 0.25) is 5.91 Å². The molecule has 1 unspecified atom stereocenters. The molecule has 0 aliphatic carbocycles. The first-order valence-corrected chi connectivity index (χ1v) is 6.56. The Kier molecular flexibility index (Phi) is 6.22. The molecule has 1 amide bonds. The highest BCUT2D eigenvalue weighted by Gasteiger charge is 2.06. The van der Waals surface area contributed by atoms with E-state index in [0.29, 0.717) is 12.8 Å². The van der Waals surface area contributed by atoms with E-state index in [-0.39, 0.29) is 18.6 Å². The zero-order valence-electron chi connectivity index (χ0n) is 9.95. The van der Waals surface area contributed by atoms with Crippen LogP contribution in [0.3, 0.4) is 0 Å². The number of carbonyl (C=O) groups excluding carboxylic acids is 1. The fourth-order valence-corrected chi connectivity index (χ4v) is 2.01. The Morgan fingerprint density at radius 1 is 1.53 bits per heavy atom. The summed E-state index contributed by atoms with van der Waals surface area (Å²) in [7, 11) is 0. The van der Waals surface area contributed by atoms with Crippen LogP contribution in [-0.4, -0.2) is 23.7 Å². The van der Waals surface area contributed by atoms with Gasteiger partial charge in [0.15, 0.2) is 0 Å². The Hall–Kier alpha value is -0.870. The summed E-state index contributed by atoms with van der Waals surface area (Å²) in [6.07, 6.45) is 1.81. The maximum atomic E-state index is 11.6. The third-order valence-corrected chi connectivity index (χ3v) is 2.99. The molecule has 0 spiro atoms. The average Bonchev–Trinajstić information content (AvgIpc) is 2.27. The molecule has 0 saturated heterocycles. The van der Waals surface area contributed by atoms with Crippen LogP contribution in [0.4, 0.5) is 0 Å². The second kappa shape index (κ2) is 7.45. The van der Waals surface area contributed by atoms with Gasteiger partial charge in [-0.25, -0.2) is 0 Å². The molecule has 1 rings (SSSR count). The van der Waals surface area contributed by atoms with Gasteiger partial charge in [0.05, 0.1) is 0 Å². The lowest BCUT2D eigenvalue weighted by molar-refractivity contribution is -0.121. The van der Waals surface area contributed by atoms with Crippen molar-refractivity contribution in [1.82, 2.24) is 5.32 Å². The molecular formula is C13H18BrNO2. The van der Waals surface area contributed by atoms with Crippen molar-refractivity contribution in [3.05, 3.63) is 34.3 Å². The van der Waals surface area contributed by atoms with Gasteiger partial charge in [0, 0.05) is 23.5 Å². The molecule has 0 bridgehead atoms. The van der Waals surface area contributed by atoms with Crippen LogP contribution in [-0.2, 0) is 11.2 Å².